The van der Waals surface area contributed by atoms with Crippen molar-refractivity contribution in [3.8, 4) is 11.4 Å². The quantitative estimate of drug-likeness (QED) is 0.663. The van der Waals surface area contributed by atoms with E-state index >= 15 is 0 Å². The molecule has 0 aliphatic heterocycles. The summed E-state index contributed by atoms with van der Waals surface area (Å²) in [7, 11) is 0. The second-order valence-electron chi connectivity index (χ2n) is 6.59. The Morgan fingerprint density at radius 1 is 0.846 bits per heavy atom. The molecular formula is C20H22N4O2. The molecule has 134 valence electrons. The van der Waals surface area contributed by atoms with E-state index in [1.165, 1.54) is 4.68 Å². The van der Waals surface area contributed by atoms with Crippen LogP contribution in [0.1, 0.15) is 27.9 Å². The molecule has 0 spiro atoms. The van der Waals surface area contributed by atoms with Gasteiger partial charge in [-0.2, -0.15) is 0 Å². The van der Waals surface area contributed by atoms with Gasteiger partial charge in [-0.05, 0) is 69.0 Å². The molecule has 0 atom stereocenters. The Balaban J connectivity index is 2.06. The number of phenols is 1. The molecule has 1 heterocycles. The van der Waals surface area contributed by atoms with Crippen LogP contribution in [-0.4, -0.2) is 14.9 Å². The number of aromatic amines is 1. The smallest absolute Gasteiger partial charge is 0.299 e. The Morgan fingerprint density at radius 3 is 2.15 bits per heavy atom. The summed E-state index contributed by atoms with van der Waals surface area (Å²) in [5, 5.41) is 21.5. The molecule has 3 rings (SSSR count). The van der Waals surface area contributed by atoms with E-state index in [2.05, 4.69) is 15.3 Å². The van der Waals surface area contributed by atoms with Crippen molar-refractivity contribution in [2.24, 2.45) is 10.2 Å². The number of hydrogen-bond acceptors (Lipinski definition) is 4. The van der Waals surface area contributed by atoms with Crippen molar-refractivity contribution in [3.63, 3.8) is 0 Å². The molecule has 2 N–H and O–H groups in total. The fourth-order valence-electron chi connectivity index (χ4n) is 2.71. The number of phenolic OH excluding ortho intramolecular Hbond substituents is 1. The van der Waals surface area contributed by atoms with Gasteiger partial charge < -0.3 is 5.11 Å². The molecular weight excluding hydrogens is 328 g/mol. The van der Waals surface area contributed by atoms with Gasteiger partial charge in [0, 0.05) is 0 Å². The molecule has 0 unspecified atom stereocenters. The van der Waals surface area contributed by atoms with Gasteiger partial charge in [-0.3, -0.25) is 9.89 Å². The zero-order valence-corrected chi connectivity index (χ0v) is 15.6. The first-order valence-electron chi connectivity index (χ1n) is 8.39. The first-order chi connectivity index (χ1) is 12.3. The minimum Gasteiger partial charge on any atom is -0.505 e. The van der Waals surface area contributed by atoms with Gasteiger partial charge in [0.05, 0.1) is 11.4 Å². The topological polar surface area (TPSA) is 82.7 Å². The Kier molecular flexibility index (Phi) is 4.50. The molecule has 1 aromatic heterocycles. The average molecular weight is 350 g/mol. The number of nitrogens with zero attached hydrogens (tertiary/aromatic N) is 3. The Hall–Kier alpha value is -3.15. The predicted molar refractivity (Wildman–Crippen MR) is 102 cm³/mol. The Morgan fingerprint density at radius 2 is 1.46 bits per heavy atom. The van der Waals surface area contributed by atoms with Crippen molar-refractivity contribution in [3.05, 3.63) is 68.6 Å². The summed E-state index contributed by atoms with van der Waals surface area (Å²) < 4.78 is 1.46. The standard InChI is InChI=1S/C20H22N4O2/c1-11-8-9-16(10-14(11)4)24-20(26)18(15(5)23-24)22-21-17-12(2)6-7-13(3)19(17)25/h6-10,23,25H,1-5H3. The van der Waals surface area contributed by atoms with E-state index in [0.29, 0.717) is 16.9 Å². The molecule has 0 radical (unpaired) electrons. The summed E-state index contributed by atoms with van der Waals surface area (Å²) in [6, 6.07) is 9.49. The minimum absolute atomic E-state index is 0.0800. The molecule has 6 heteroatoms. The lowest BCUT2D eigenvalue weighted by Gasteiger charge is -2.05. The largest absolute Gasteiger partial charge is 0.505 e. The van der Waals surface area contributed by atoms with Gasteiger partial charge in [0.25, 0.3) is 5.56 Å². The third-order valence-electron chi connectivity index (χ3n) is 4.59. The molecule has 0 amide bonds. The van der Waals surface area contributed by atoms with Crippen LogP contribution in [0.25, 0.3) is 5.69 Å². The molecule has 0 saturated carbocycles. The summed E-state index contributed by atoms with van der Waals surface area (Å²) in [5.74, 6) is 0.0800. The monoisotopic (exact) mass is 350 g/mol. The van der Waals surface area contributed by atoms with E-state index in [9.17, 15) is 9.90 Å². The van der Waals surface area contributed by atoms with Gasteiger partial charge in [-0.25, -0.2) is 4.68 Å². The molecule has 2 aromatic carbocycles. The molecule has 0 saturated heterocycles. The van der Waals surface area contributed by atoms with Crippen LogP contribution in [0.15, 0.2) is 45.4 Å². The summed E-state index contributed by atoms with van der Waals surface area (Å²) in [6.45, 7) is 9.44. The highest BCUT2D eigenvalue weighted by molar-refractivity contribution is 5.60. The number of rotatable bonds is 3. The Labute approximate surface area is 151 Å². The van der Waals surface area contributed by atoms with Crippen molar-refractivity contribution < 1.29 is 5.11 Å². The first kappa shape index (κ1) is 17.7. The predicted octanol–water partition coefficient (Wildman–Crippen LogP) is 4.83. The highest BCUT2D eigenvalue weighted by Crippen LogP contribution is 2.34. The van der Waals surface area contributed by atoms with Crippen molar-refractivity contribution >= 4 is 11.4 Å². The normalized spacial score (nSPS) is 11.4. The van der Waals surface area contributed by atoms with E-state index in [1.54, 1.807) is 13.8 Å². The van der Waals surface area contributed by atoms with Crippen LogP contribution < -0.4 is 5.56 Å². The first-order valence-corrected chi connectivity index (χ1v) is 8.39. The summed E-state index contributed by atoms with van der Waals surface area (Å²) >= 11 is 0. The maximum Gasteiger partial charge on any atom is 0.299 e. The van der Waals surface area contributed by atoms with Crippen LogP contribution in [0.5, 0.6) is 5.75 Å². The SMILES string of the molecule is Cc1ccc(-n2[nH]c(C)c(N=Nc3c(C)ccc(C)c3O)c2=O)cc1C. The van der Waals surface area contributed by atoms with E-state index in [4.69, 9.17) is 0 Å². The maximum absolute atomic E-state index is 12.8. The van der Waals surface area contributed by atoms with E-state index < -0.39 is 0 Å². The summed E-state index contributed by atoms with van der Waals surface area (Å²) in [4.78, 5) is 12.8. The van der Waals surface area contributed by atoms with Gasteiger partial charge in [-0.15, -0.1) is 10.2 Å². The molecule has 26 heavy (non-hydrogen) atoms. The van der Waals surface area contributed by atoms with E-state index in [1.807, 2.05) is 51.1 Å². The van der Waals surface area contributed by atoms with Crippen LogP contribution >= 0.6 is 0 Å². The van der Waals surface area contributed by atoms with Gasteiger partial charge in [0.1, 0.15) is 11.4 Å². The lowest BCUT2D eigenvalue weighted by Crippen LogP contribution is -2.14. The summed E-state index contributed by atoms with van der Waals surface area (Å²) in [5.41, 5.74) is 5.45. The number of benzene rings is 2. The van der Waals surface area contributed by atoms with Crippen LogP contribution in [-0.2, 0) is 0 Å². The molecule has 0 aliphatic carbocycles. The van der Waals surface area contributed by atoms with Crippen LogP contribution in [0.4, 0.5) is 11.4 Å². The number of nitrogens with one attached hydrogen (secondary N) is 1. The number of azo groups is 1. The zero-order chi connectivity index (χ0) is 19.0. The molecule has 0 aliphatic rings. The number of aryl methyl sites for hydroxylation is 5. The van der Waals surface area contributed by atoms with E-state index in [0.717, 1.165) is 22.4 Å². The molecule has 6 nitrogen and oxygen atoms in total. The highest BCUT2D eigenvalue weighted by Gasteiger charge is 2.14. The minimum atomic E-state index is -0.278. The number of aromatic hydroxyl groups is 1. The highest BCUT2D eigenvalue weighted by atomic mass is 16.3. The van der Waals surface area contributed by atoms with Crippen molar-refractivity contribution in [2.45, 2.75) is 34.6 Å². The van der Waals surface area contributed by atoms with Crippen LogP contribution in [0.3, 0.4) is 0 Å². The third-order valence-corrected chi connectivity index (χ3v) is 4.59. The lowest BCUT2D eigenvalue weighted by atomic mass is 10.1. The van der Waals surface area contributed by atoms with Crippen LogP contribution in [0.2, 0.25) is 0 Å². The van der Waals surface area contributed by atoms with Gasteiger partial charge in [0.2, 0.25) is 0 Å². The second-order valence-corrected chi connectivity index (χ2v) is 6.59. The lowest BCUT2D eigenvalue weighted by molar-refractivity contribution is 0.472. The number of H-pyrrole nitrogens is 1. The zero-order valence-electron chi connectivity index (χ0n) is 15.6. The van der Waals surface area contributed by atoms with Crippen molar-refractivity contribution in [1.29, 1.82) is 0 Å². The fraction of sp³-hybridized carbons (Fsp3) is 0.250. The maximum atomic E-state index is 12.8. The fourth-order valence-corrected chi connectivity index (χ4v) is 2.71. The van der Waals surface area contributed by atoms with Crippen molar-refractivity contribution in [2.75, 3.05) is 0 Å². The second kappa shape index (κ2) is 6.63. The van der Waals surface area contributed by atoms with Gasteiger partial charge in [-0.1, -0.05) is 18.2 Å². The van der Waals surface area contributed by atoms with Crippen molar-refractivity contribution in [1.82, 2.24) is 9.78 Å². The molecule has 3 aromatic rings. The number of hydrogen-bond donors (Lipinski definition) is 2. The average Bonchev–Trinajstić information content (AvgIpc) is 2.88. The Bertz CT molecular complexity index is 1070. The molecule has 0 bridgehead atoms. The number of aromatic nitrogens is 2. The third kappa shape index (κ3) is 3.06. The van der Waals surface area contributed by atoms with Gasteiger partial charge >= 0.3 is 0 Å². The van der Waals surface area contributed by atoms with Gasteiger partial charge in [0.15, 0.2) is 5.69 Å². The summed E-state index contributed by atoms with van der Waals surface area (Å²) in [6.07, 6.45) is 0. The van der Waals surface area contributed by atoms with Crippen LogP contribution in [0, 0.1) is 34.6 Å². The molecule has 0 fully saturated rings. The van der Waals surface area contributed by atoms with E-state index in [-0.39, 0.29) is 17.0 Å².